The van der Waals surface area contributed by atoms with Crippen LogP contribution in [0.3, 0.4) is 0 Å². The Balaban J connectivity index is 2.21. The van der Waals surface area contributed by atoms with Crippen LogP contribution in [0, 0.1) is 0 Å². The van der Waals surface area contributed by atoms with Crippen LogP contribution in [-0.2, 0) is 14.3 Å². The highest BCUT2D eigenvalue weighted by molar-refractivity contribution is 6.00. The maximum atomic E-state index is 11.3. The minimum absolute atomic E-state index is 0.128. The van der Waals surface area contributed by atoms with E-state index in [2.05, 4.69) is 10.1 Å². The fourth-order valence-corrected chi connectivity index (χ4v) is 1.71. The zero-order chi connectivity index (χ0) is 10.8. The van der Waals surface area contributed by atoms with E-state index in [-0.39, 0.29) is 5.91 Å². The van der Waals surface area contributed by atoms with E-state index in [9.17, 15) is 9.59 Å². The Hall–Kier alpha value is -1.84. The van der Waals surface area contributed by atoms with Crippen molar-refractivity contribution in [2.24, 2.45) is 0 Å². The van der Waals surface area contributed by atoms with Gasteiger partial charge < -0.3 is 10.1 Å². The second-order valence-corrected chi connectivity index (χ2v) is 3.40. The molecular formula is C11H11NO3. The first-order valence-electron chi connectivity index (χ1n) is 4.67. The van der Waals surface area contributed by atoms with Gasteiger partial charge in [0.05, 0.1) is 13.0 Å². The number of carbonyl (C=O) groups excluding carboxylic acids is 2. The van der Waals surface area contributed by atoms with Gasteiger partial charge in [0.1, 0.15) is 6.04 Å². The molecule has 0 unspecified atom stereocenters. The fourth-order valence-electron chi connectivity index (χ4n) is 1.71. The van der Waals surface area contributed by atoms with Gasteiger partial charge in [0, 0.05) is 0 Å². The van der Waals surface area contributed by atoms with Gasteiger partial charge in [-0.15, -0.1) is 0 Å². The average Bonchev–Trinajstić information content (AvgIpc) is 2.26. The molecule has 0 radical (unpaired) electrons. The summed E-state index contributed by atoms with van der Waals surface area (Å²) in [4.78, 5) is 22.6. The van der Waals surface area contributed by atoms with Crippen molar-refractivity contribution in [2.45, 2.75) is 12.0 Å². The van der Waals surface area contributed by atoms with Crippen LogP contribution < -0.4 is 5.32 Å². The van der Waals surface area contributed by atoms with Gasteiger partial charge in [0.15, 0.2) is 0 Å². The molecule has 1 aliphatic heterocycles. The molecule has 1 N–H and O–H groups in total. The zero-order valence-electron chi connectivity index (χ0n) is 8.27. The largest absolute Gasteiger partial charge is 0.467 e. The fraction of sp³-hybridized carbons (Fsp3) is 0.273. The Bertz CT molecular complexity index is 388. The molecule has 78 valence electrons. The van der Waals surface area contributed by atoms with Gasteiger partial charge in [-0.05, 0) is 5.56 Å². The molecule has 15 heavy (non-hydrogen) atoms. The van der Waals surface area contributed by atoms with E-state index in [0.29, 0.717) is 0 Å². The average molecular weight is 205 g/mol. The number of carbonyl (C=O) groups is 2. The Morgan fingerprint density at radius 1 is 1.33 bits per heavy atom. The molecule has 0 saturated carbocycles. The van der Waals surface area contributed by atoms with E-state index < -0.39 is 17.9 Å². The molecule has 1 aromatic carbocycles. The van der Waals surface area contributed by atoms with Crippen LogP contribution in [0.4, 0.5) is 0 Å². The molecule has 0 aromatic heterocycles. The normalized spacial score (nSPS) is 23.9. The molecule has 4 heteroatoms. The van der Waals surface area contributed by atoms with Crippen LogP contribution in [0.25, 0.3) is 0 Å². The van der Waals surface area contributed by atoms with E-state index in [1.807, 2.05) is 30.3 Å². The summed E-state index contributed by atoms with van der Waals surface area (Å²) in [5.74, 6) is -0.932. The lowest BCUT2D eigenvalue weighted by atomic mass is 9.84. The predicted molar refractivity (Wildman–Crippen MR) is 53.1 cm³/mol. The standard InChI is InChI=1S/C11H11NO3/c1-15-11(14)9-8(10(13)12-9)7-5-3-2-4-6-7/h2-6,8-9H,1H3,(H,12,13)/t8-,9+/m1/s1. The lowest BCUT2D eigenvalue weighted by molar-refractivity contribution is -0.152. The highest BCUT2D eigenvalue weighted by atomic mass is 16.5. The summed E-state index contributed by atoms with van der Waals surface area (Å²) in [7, 11) is 1.31. The molecule has 1 fully saturated rings. The molecule has 1 saturated heterocycles. The molecular weight excluding hydrogens is 194 g/mol. The number of rotatable bonds is 2. The Morgan fingerprint density at radius 3 is 2.53 bits per heavy atom. The van der Waals surface area contributed by atoms with Gasteiger partial charge in [-0.2, -0.15) is 0 Å². The molecule has 1 amide bonds. The SMILES string of the molecule is COC(=O)[C@H]1NC(=O)[C@@H]1c1ccccc1. The Morgan fingerprint density at radius 2 is 2.00 bits per heavy atom. The molecule has 1 aliphatic rings. The van der Waals surface area contributed by atoms with Crippen molar-refractivity contribution >= 4 is 11.9 Å². The summed E-state index contributed by atoms with van der Waals surface area (Å²) in [5.41, 5.74) is 0.844. The van der Waals surface area contributed by atoms with Crippen LogP contribution in [0.5, 0.6) is 0 Å². The summed E-state index contributed by atoms with van der Waals surface area (Å²) in [6, 6.07) is 8.68. The molecule has 2 atom stereocenters. The van der Waals surface area contributed by atoms with Crippen LogP contribution in [0.1, 0.15) is 11.5 Å². The first-order chi connectivity index (χ1) is 7.24. The molecule has 4 nitrogen and oxygen atoms in total. The van der Waals surface area contributed by atoms with Crippen LogP contribution in [0.2, 0.25) is 0 Å². The quantitative estimate of drug-likeness (QED) is 0.563. The smallest absolute Gasteiger partial charge is 0.329 e. The minimum atomic E-state index is -0.537. The van der Waals surface area contributed by atoms with Crippen molar-refractivity contribution < 1.29 is 14.3 Å². The maximum absolute atomic E-state index is 11.3. The van der Waals surface area contributed by atoms with E-state index in [1.54, 1.807) is 0 Å². The summed E-state index contributed by atoms with van der Waals surface area (Å²) in [6.45, 7) is 0. The Kier molecular flexibility index (Phi) is 2.41. The third-order valence-electron chi connectivity index (χ3n) is 2.53. The topological polar surface area (TPSA) is 55.4 Å². The number of nitrogens with one attached hydrogen (secondary N) is 1. The van der Waals surface area contributed by atoms with E-state index in [1.165, 1.54) is 7.11 Å². The van der Waals surface area contributed by atoms with Crippen molar-refractivity contribution in [3.05, 3.63) is 35.9 Å². The third-order valence-corrected chi connectivity index (χ3v) is 2.53. The highest BCUT2D eigenvalue weighted by Gasteiger charge is 2.45. The second kappa shape index (κ2) is 3.73. The van der Waals surface area contributed by atoms with Gasteiger partial charge >= 0.3 is 5.97 Å². The van der Waals surface area contributed by atoms with Gasteiger partial charge in [0.25, 0.3) is 0 Å². The minimum Gasteiger partial charge on any atom is -0.467 e. The van der Waals surface area contributed by atoms with Crippen molar-refractivity contribution in [2.75, 3.05) is 7.11 Å². The van der Waals surface area contributed by atoms with Crippen LogP contribution in [0.15, 0.2) is 30.3 Å². The van der Waals surface area contributed by atoms with Gasteiger partial charge in [-0.25, -0.2) is 4.79 Å². The van der Waals surface area contributed by atoms with Crippen LogP contribution >= 0.6 is 0 Å². The van der Waals surface area contributed by atoms with Gasteiger partial charge in [-0.1, -0.05) is 30.3 Å². The van der Waals surface area contributed by atoms with Crippen molar-refractivity contribution in [1.82, 2.24) is 5.32 Å². The number of benzene rings is 1. The molecule has 1 aromatic rings. The van der Waals surface area contributed by atoms with E-state index in [0.717, 1.165) is 5.56 Å². The van der Waals surface area contributed by atoms with Crippen molar-refractivity contribution in [1.29, 1.82) is 0 Å². The maximum Gasteiger partial charge on any atom is 0.329 e. The summed E-state index contributed by atoms with van der Waals surface area (Å²) < 4.78 is 4.60. The lowest BCUT2D eigenvalue weighted by Gasteiger charge is -2.34. The molecule has 2 rings (SSSR count). The van der Waals surface area contributed by atoms with E-state index >= 15 is 0 Å². The molecule has 0 bridgehead atoms. The number of amides is 1. The summed E-state index contributed by atoms with van der Waals surface area (Å²) in [6.07, 6.45) is 0. The summed E-state index contributed by atoms with van der Waals surface area (Å²) >= 11 is 0. The molecule has 0 spiro atoms. The number of esters is 1. The molecule has 0 aliphatic carbocycles. The van der Waals surface area contributed by atoms with Crippen molar-refractivity contribution in [3.63, 3.8) is 0 Å². The number of ether oxygens (including phenoxy) is 1. The van der Waals surface area contributed by atoms with E-state index in [4.69, 9.17) is 0 Å². The summed E-state index contributed by atoms with van der Waals surface area (Å²) in [5, 5.41) is 2.53. The van der Waals surface area contributed by atoms with Crippen LogP contribution in [-0.4, -0.2) is 25.0 Å². The number of hydrogen-bond donors (Lipinski definition) is 1. The Labute approximate surface area is 87.2 Å². The van der Waals surface area contributed by atoms with Gasteiger partial charge in [0.2, 0.25) is 5.91 Å². The monoisotopic (exact) mass is 205 g/mol. The molecule has 1 heterocycles. The highest BCUT2D eigenvalue weighted by Crippen LogP contribution is 2.27. The zero-order valence-corrected chi connectivity index (χ0v) is 8.27. The first kappa shape index (κ1) is 9.71. The number of β-lactam (4-membered cyclic amide) rings is 1. The predicted octanol–water partition coefficient (Wildman–Crippen LogP) is 0.442. The third kappa shape index (κ3) is 1.58. The second-order valence-electron chi connectivity index (χ2n) is 3.40. The number of hydrogen-bond acceptors (Lipinski definition) is 3. The first-order valence-corrected chi connectivity index (χ1v) is 4.67. The van der Waals surface area contributed by atoms with Crippen molar-refractivity contribution in [3.8, 4) is 0 Å². The van der Waals surface area contributed by atoms with Gasteiger partial charge in [-0.3, -0.25) is 4.79 Å². The lowest BCUT2D eigenvalue weighted by Crippen LogP contribution is -2.60. The number of methoxy groups -OCH3 is 1.